The molecule has 0 spiro atoms. The van der Waals surface area contributed by atoms with E-state index in [-0.39, 0.29) is 5.15 Å². The van der Waals surface area contributed by atoms with Gasteiger partial charge in [-0.25, -0.2) is 9.97 Å². The van der Waals surface area contributed by atoms with E-state index in [1.54, 1.807) is 0 Å². The van der Waals surface area contributed by atoms with Crippen LogP contribution in [0.2, 0.25) is 5.15 Å². The highest BCUT2D eigenvalue weighted by atomic mass is 35.5. The molecule has 0 aromatic carbocycles. The Bertz CT molecular complexity index is 405. The maximum atomic E-state index is 10.9. The van der Waals surface area contributed by atoms with Gasteiger partial charge in [0.1, 0.15) is 17.3 Å². The van der Waals surface area contributed by atoms with E-state index in [0.29, 0.717) is 17.7 Å². The fourth-order valence-electron chi connectivity index (χ4n) is 2.49. The average Bonchev–Trinajstić information content (AvgIpc) is 2.40. The van der Waals surface area contributed by atoms with Crippen molar-refractivity contribution in [1.82, 2.24) is 9.97 Å². The van der Waals surface area contributed by atoms with Gasteiger partial charge in [-0.1, -0.05) is 43.7 Å². The first-order valence-electron chi connectivity index (χ1n) is 6.51. The van der Waals surface area contributed by atoms with Crippen LogP contribution in [0.1, 0.15) is 48.9 Å². The fraction of sp³-hybridized carbons (Fsp3) is 0.615. The van der Waals surface area contributed by atoms with Gasteiger partial charge in [0.15, 0.2) is 6.29 Å². The molecule has 0 unspecified atom stereocenters. The number of hydrogen-bond acceptors (Lipinski definition) is 4. The molecule has 0 radical (unpaired) electrons. The molecule has 1 aliphatic rings. The number of nitrogens with one attached hydrogen (secondary N) is 1. The Morgan fingerprint density at radius 1 is 1.33 bits per heavy atom. The number of carbonyl (C=O) groups is 1. The number of rotatable bonds is 5. The molecule has 98 valence electrons. The first-order chi connectivity index (χ1) is 8.81. The normalized spacial score (nSPS) is 16.5. The summed E-state index contributed by atoms with van der Waals surface area (Å²) in [6.07, 6.45) is 9.93. The van der Waals surface area contributed by atoms with Crippen molar-refractivity contribution in [2.24, 2.45) is 5.92 Å². The number of carbonyl (C=O) groups excluding carboxylic acids is 1. The second-order valence-corrected chi connectivity index (χ2v) is 5.12. The minimum atomic E-state index is 0.208. The number of hydrogen-bond donors (Lipinski definition) is 1. The molecule has 1 aromatic rings. The van der Waals surface area contributed by atoms with Crippen LogP contribution in [0.3, 0.4) is 0 Å². The molecule has 1 aromatic heterocycles. The predicted molar refractivity (Wildman–Crippen MR) is 72.1 cm³/mol. The lowest BCUT2D eigenvalue weighted by Gasteiger charge is -2.21. The van der Waals surface area contributed by atoms with Crippen LogP contribution in [0.4, 0.5) is 5.82 Å². The summed E-state index contributed by atoms with van der Waals surface area (Å²) < 4.78 is 0. The van der Waals surface area contributed by atoms with Gasteiger partial charge in [0.2, 0.25) is 0 Å². The lowest BCUT2D eigenvalue weighted by atomic mass is 9.87. The summed E-state index contributed by atoms with van der Waals surface area (Å²) >= 11 is 5.83. The van der Waals surface area contributed by atoms with E-state index < -0.39 is 0 Å². The van der Waals surface area contributed by atoms with Gasteiger partial charge in [0.25, 0.3) is 0 Å². The van der Waals surface area contributed by atoms with Crippen LogP contribution in [0.25, 0.3) is 0 Å². The minimum absolute atomic E-state index is 0.208. The van der Waals surface area contributed by atoms with Crippen molar-refractivity contribution < 1.29 is 4.79 Å². The Labute approximate surface area is 112 Å². The maximum absolute atomic E-state index is 10.9. The van der Waals surface area contributed by atoms with Crippen LogP contribution in [0.5, 0.6) is 0 Å². The largest absolute Gasteiger partial charge is 0.369 e. The lowest BCUT2D eigenvalue weighted by molar-refractivity contribution is 0.112. The zero-order valence-corrected chi connectivity index (χ0v) is 11.1. The highest BCUT2D eigenvalue weighted by Crippen LogP contribution is 2.26. The molecule has 0 amide bonds. The van der Waals surface area contributed by atoms with Gasteiger partial charge >= 0.3 is 0 Å². The number of halogens is 1. The van der Waals surface area contributed by atoms with Gasteiger partial charge in [-0.3, -0.25) is 4.79 Å². The van der Waals surface area contributed by atoms with E-state index >= 15 is 0 Å². The van der Waals surface area contributed by atoms with Crippen molar-refractivity contribution in [2.75, 3.05) is 11.9 Å². The van der Waals surface area contributed by atoms with E-state index in [4.69, 9.17) is 11.6 Å². The van der Waals surface area contributed by atoms with Crippen molar-refractivity contribution >= 4 is 23.7 Å². The van der Waals surface area contributed by atoms with Gasteiger partial charge in [0, 0.05) is 6.54 Å². The Hall–Kier alpha value is -1.16. The second-order valence-electron chi connectivity index (χ2n) is 4.76. The topological polar surface area (TPSA) is 54.9 Å². The maximum Gasteiger partial charge on any atom is 0.156 e. The molecule has 2 rings (SSSR count). The summed E-state index contributed by atoms with van der Waals surface area (Å²) in [4.78, 5) is 18.8. The van der Waals surface area contributed by atoms with Crippen LogP contribution in [-0.4, -0.2) is 22.8 Å². The van der Waals surface area contributed by atoms with Crippen molar-refractivity contribution in [2.45, 2.75) is 38.5 Å². The zero-order chi connectivity index (χ0) is 12.8. The minimum Gasteiger partial charge on any atom is -0.369 e. The summed E-state index contributed by atoms with van der Waals surface area (Å²) in [5, 5.41) is 3.39. The quantitative estimate of drug-likeness (QED) is 0.657. The predicted octanol–water partition coefficient (Wildman–Crippen LogP) is 3.32. The van der Waals surface area contributed by atoms with E-state index in [9.17, 15) is 4.79 Å². The molecule has 5 heteroatoms. The number of anilines is 1. The van der Waals surface area contributed by atoms with Crippen molar-refractivity contribution in [1.29, 1.82) is 0 Å². The average molecular weight is 268 g/mol. The molecular weight excluding hydrogens is 250 g/mol. The molecule has 1 fully saturated rings. The molecule has 4 nitrogen and oxygen atoms in total. The zero-order valence-electron chi connectivity index (χ0n) is 10.4. The van der Waals surface area contributed by atoms with Gasteiger partial charge in [-0.05, 0) is 12.3 Å². The van der Waals surface area contributed by atoms with Gasteiger partial charge < -0.3 is 5.32 Å². The third kappa shape index (κ3) is 3.42. The monoisotopic (exact) mass is 267 g/mol. The molecule has 1 heterocycles. The Kier molecular flexibility index (Phi) is 4.93. The van der Waals surface area contributed by atoms with Crippen LogP contribution < -0.4 is 5.32 Å². The molecule has 1 N–H and O–H groups in total. The first kappa shape index (κ1) is 13.3. The SMILES string of the molecule is O=Cc1c(Cl)ncnc1NCCC1CCCCC1. The van der Waals surface area contributed by atoms with Crippen LogP contribution in [0, 0.1) is 5.92 Å². The smallest absolute Gasteiger partial charge is 0.156 e. The molecule has 0 bridgehead atoms. The van der Waals surface area contributed by atoms with E-state index in [2.05, 4.69) is 15.3 Å². The Balaban J connectivity index is 1.86. The summed E-state index contributed by atoms with van der Waals surface area (Å²) in [6, 6.07) is 0. The highest BCUT2D eigenvalue weighted by Gasteiger charge is 2.13. The molecule has 18 heavy (non-hydrogen) atoms. The highest BCUT2D eigenvalue weighted by molar-refractivity contribution is 6.32. The third-order valence-electron chi connectivity index (χ3n) is 3.52. The van der Waals surface area contributed by atoms with Gasteiger partial charge in [0.05, 0.1) is 5.56 Å². The third-order valence-corrected chi connectivity index (χ3v) is 3.82. The summed E-state index contributed by atoms with van der Waals surface area (Å²) in [5.74, 6) is 1.35. The molecule has 1 aliphatic carbocycles. The van der Waals surface area contributed by atoms with Crippen LogP contribution in [-0.2, 0) is 0 Å². The standard InChI is InChI=1S/C13H18ClN3O/c14-12-11(8-18)13(17-9-16-12)15-7-6-10-4-2-1-3-5-10/h8-10H,1-7H2,(H,15,16,17). The summed E-state index contributed by atoms with van der Waals surface area (Å²) in [7, 11) is 0. The number of nitrogens with zero attached hydrogens (tertiary/aromatic N) is 2. The van der Waals surface area contributed by atoms with E-state index in [0.717, 1.165) is 18.9 Å². The number of aldehydes is 1. The summed E-state index contributed by atoms with van der Waals surface area (Å²) in [6.45, 7) is 0.832. The second kappa shape index (κ2) is 6.69. The molecule has 0 aliphatic heterocycles. The molecule has 1 saturated carbocycles. The van der Waals surface area contributed by atoms with Gasteiger partial charge in [-0.2, -0.15) is 0 Å². The van der Waals surface area contributed by atoms with E-state index in [1.165, 1.54) is 38.4 Å². The molecule has 0 atom stereocenters. The fourth-order valence-corrected chi connectivity index (χ4v) is 2.67. The van der Waals surface area contributed by atoms with E-state index in [1.807, 2.05) is 0 Å². The van der Waals surface area contributed by atoms with Crippen LogP contribution in [0.15, 0.2) is 6.33 Å². The van der Waals surface area contributed by atoms with Gasteiger partial charge in [-0.15, -0.1) is 0 Å². The lowest BCUT2D eigenvalue weighted by Crippen LogP contribution is -2.13. The Morgan fingerprint density at radius 2 is 2.11 bits per heavy atom. The van der Waals surface area contributed by atoms with Crippen LogP contribution >= 0.6 is 11.6 Å². The molecule has 0 saturated heterocycles. The number of aromatic nitrogens is 2. The summed E-state index contributed by atoms with van der Waals surface area (Å²) in [5.41, 5.74) is 0.350. The van der Waals surface area contributed by atoms with Crippen molar-refractivity contribution in [3.05, 3.63) is 17.0 Å². The first-order valence-corrected chi connectivity index (χ1v) is 6.88. The van der Waals surface area contributed by atoms with Crippen molar-refractivity contribution in [3.8, 4) is 0 Å². The molecular formula is C13H18ClN3O. The van der Waals surface area contributed by atoms with Crippen molar-refractivity contribution in [3.63, 3.8) is 0 Å². The Morgan fingerprint density at radius 3 is 2.83 bits per heavy atom.